The van der Waals surface area contributed by atoms with Crippen molar-refractivity contribution in [2.24, 2.45) is 0 Å². The Morgan fingerprint density at radius 1 is 1.40 bits per heavy atom. The van der Waals surface area contributed by atoms with E-state index < -0.39 is 5.54 Å². The number of nitrogens with one attached hydrogen (secondary N) is 1. The lowest BCUT2D eigenvalue weighted by Gasteiger charge is -2.25. The molecule has 0 atom stereocenters. The lowest BCUT2D eigenvalue weighted by atomic mass is 10.1. The number of aliphatic hydroxyl groups excluding tert-OH is 2. The molecule has 0 fully saturated rings. The van der Waals surface area contributed by atoms with E-state index in [9.17, 15) is 0 Å². The first-order valence-corrected chi connectivity index (χ1v) is 5.61. The zero-order valence-corrected chi connectivity index (χ0v) is 10.0. The van der Waals surface area contributed by atoms with Crippen molar-refractivity contribution in [1.29, 1.82) is 0 Å². The average molecular weight is 231 g/mol. The Hall–Kier alpha value is -0.720. The molecule has 0 amide bonds. The van der Waals surface area contributed by atoms with Gasteiger partial charge in [0.15, 0.2) is 0 Å². The molecule has 0 bridgehead atoms. The van der Waals surface area contributed by atoms with Crippen LogP contribution in [0.5, 0.6) is 0 Å². The second kappa shape index (κ2) is 4.87. The Kier molecular flexibility index (Phi) is 4.01. The molecule has 1 aromatic rings. The molecule has 0 aliphatic heterocycles. The van der Waals surface area contributed by atoms with Crippen molar-refractivity contribution in [3.05, 3.63) is 5.82 Å². The normalized spacial score (nSPS) is 12.1. The fraction of sp³-hybridized carbons (Fsp3) is 0.778. The van der Waals surface area contributed by atoms with Crippen LogP contribution >= 0.6 is 11.5 Å². The van der Waals surface area contributed by atoms with Gasteiger partial charge in [0.2, 0.25) is 5.13 Å². The van der Waals surface area contributed by atoms with Gasteiger partial charge in [-0.2, -0.15) is 4.37 Å². The summed E-state index contributed by atoms with van der Waals surface area (Å²) < 4.78 is 4.17. The summed E-state index contributed by atoms with van der Waals surface area (Å²) in [5.74, 6) is 1.06. The van der Waals surface area contributed by atoms with Crippen LogP contribution in [-0.2, 0) is 0 Å². The molecular weight excluding hydrogens is 214 g/mol. The average Bonchev–Trinajstić information content (AvgIpc) is 2.66. The molecule has 0 saturated heterocycles. The minimum Gasteiger partial charge on any atom is -0.394 e. The van der Waals surface area contributed by atoms with Gasteiger partial charge in [-0.05, 0) is 6.92 Å². The summed E-state index contributed by atoms with van der Waals surface area (Å²) in [6, 6.07) is 0. The molecule has 0 spiro atoms. The van der Waals surface area contributed by atoms with Crippen LogP contribution < -0.4 is 5.32 Å². The standard InChI is InChI=1S/C9H17N3O2S/c1-6(2)7-10-8(15-12-7)11-9(3,4-13)5-14/h6,13-14H,4-5H2,1-3H3,(H,10,11,12). The quantitative estimate of drug-likeness (QED) is 0.699. The van der Waals surface area contributed by atoms with Crippen LogP contribution in [0.4, 0.5) is 5.13 Å². The van der Waals surface area contributed by atoms with E-state index in [2.05, 4.69) is 14.7 Å². The number of anilines is 1. The van der Waals surface area contributed by atoms with Crippen LogP contribution in [-0.4, -0.2) is 38.3 Å². The largest absolute Gasteiger partial charge is 0.394 e. The summed E-state index contributed by atoms with van der Waals surface area (Å²) in [4.78, 5) is 4.26. The monoisotopic (exact) mass is 231 g/mol. The van der Waals surface area contributed by atoms with E-state index in [0.29, 0.717) is 5.13 Å². The first-order valence-electron chi connectivity index (χ1n) is 4.84. The third kappa shape index (κ3) is 3.12. The summed E-state index contributed by atoms with van der Waals surface area (Å²) in [7, 11) is 0. The highest BCUT2D eigenvalue weighted by molar-refractivity contribution is 7.09. The molecule has 0 aliphatic rings. The molecule has 1 heterocycles. The second-order valence-electron chi connectivity index (χ2n) is 4.11. The Labute approximate surface area is 93.3 Å². The van der Waals surface area contributed by atoms with E-state index >= 15 is 0 Å². The van der Waals surface area contributed by atoms with Crippen molar-refractivity contribution in [1.82, 2.24) is 9.36 Å². The van der Waals surface area contributed by atoms with Crippen molar-refractivity contribution >= 4 is 16.7 Å². The van der Waals surface area contributed by atoms with Crippen molar-refractivity contribution in [2.45, 2.75) is 32.2 Å². The third-order valence-electron chi connectivity index (χ3n) is 2.06. The lowest BCUT2D eigenvalue weighted by Crippen LogP contribution is -2.42. The molecule has 3 N–H and O–H groups in total. The summed E-state index contributed by atoms with van der Waals surface area (Å²) in [5, 5.41) is 21.8. The van der Waals surface area contributed by atoms with Gasteiger partial charge in [-0.3, -0.25) is 0 Å². The molecule has 0 unspecified atom stereocenters. The topological polar surface area (TPSA) is 78.3 Å². The van der Waals surface area contributed by atoms with Gasteiger partial charge in [0, 0.05) is 17.5 Å². The maximum Gasteiger partial charge on any atom is 0.203 e. The highest BCUT2D eigenvalue weighted by atomic mass is 32.1. The number of rotatable bonds is 5. The van der Waals surface area contributed by atoms with Gasteiger partial charge in [0.1, 0.15) is 5.82 Å². The highest BCUT2D eigenvalue weighted by Crippen LogP contribution is 2.20. The van der Waals surface area contributed by atoms with Gasteiger partial charge in [-0.1, -0.05) is 13.8 Å². The molecule has 5 nitrogen and oxygen atoms in total. The maximum atomic E-state index is 9.10. The number of aromatic nitrogens is 2. The lowest BCUT2D eigenvalue weighted by molar-refractivity contribution is 0.147. The summed E-state index contributed by atoms with van der Waals surface area (Å²) in [6.07, 6.45) is 0. The first-order chi connectivity index (χ1) is 7.00. The van der Waals surface area contributed by atoms with Crippen LogP contribution in [0.2, 0.25) is 0 Å². The predicted octanol–water partition coefficient (Wildman–Crippen LogP) is 0.817. The number of nitrogens with zero attached hydrogens (tertiary/aromatic N) is 2. The predicted molar refractivity (Wildman–Crippen MR) is 60.2 cm³/mol. The number of aliphatic hydroxyl groups is 2. The third-order valence-corrected chi connectivity index (χ3v) is 2.71. The molecule has 1 aromatic heterocycles. The maximum absolute atomic E-state index is 9.10. The molecular formula is C9H17N3O2S. The SMILES string of the molecule is CC(C)c1nsc(NC(C)(CO)CO)n1. The van der Waals surface area contributed by atoms with E-state index in [1.165, 1.54) is 11.5 Å². The summed E-state index contributed by atoms with van der Waals surface area (Å²) in [6.45, 7) is 5.45. The van der Waals surface area contributed by atoms with Crippen LogP contribution in [0.1, 0.15) is 32.5 Å². The summed E-state index contributed by atoms with van der Waals surface area (Å²) in [5.41, 5.74) is -0.742. The number of hydrogen-bond donors (Lipinski definition) is 3. The van der Waals surface area contributed by atoms with E-state index in [-0.39, 0.29) is 19.1 Å². The molecule has 1 rings (SSSR count). The number of hydrogen-bond acceptors (Lipinski definition) is 6. The Morgan fingerprint density at radius 3 is 2.40 bits per heavy atom. The van der Waals surface area contributed by atoms with Gasteiger partial charge >= 0.3 is 0 Å². The first kappa shape index (κ1) is 12.4. The van der Waals surface area contributed by atoms with Gasteiger partial charge in [-0.25, -0.2) is 4.98 Å². The van der Waals surface area contributed by atoms with E-state index in [1.807, 2.05) is 13.8 Å². The van der Waals surface area contributed by atoms with E-state index in [0.717, 1.165) is 5.82 Å². The van der Waals surface area contributed by atoms with E-state index in [4.69, 9.17) is 10.2 Å². The van der Waals surface area contributed by atoms with Crippen LogP contribution in [0, 0.1) is 0 Å². The fourth-order valence-electron chi connectivity index (χ4n) is 0.907. The van der Waals surface area contributed by atoms with Crippen LogP contribution in [0.25, 0.3) is 0 Å². The van der Waals surface area contributed by atoms with Crippen LogP contribution in [0.3, 0.4) is 0 Å². The van der Waals surface area contributed by atoms with Crippen molar-refractivity contribution in [3.63, 3.8) is 0 Å². The van der Waals surface area contributed by atoms with Crippen molar-refractivity contribution < 1.29 is 10.2 Å². The van der Waals surface area contributed by atoms with E-state index in [1.54, 1.807) is 6.92 Å². The zero-order valence-electron chi connectivity index (χ0n) is 9.19. The Bertz CT molecular complexity index is 310. The van der Waals surface area contributed by atoms with Gasteiger partial charge in [0.25, 0.3) is 0 Å². The fourth-order valence-corrected chi connectivity index (χ4v) is 1.77. The smallest absolute Gasteiger partial charge is 0.203 e. The Balaban J connectivity index is 2.72. The molecule has 0 saturated carbocycles. The zero-order chi connectivity index (χ0) is 11.5. The molecule has 0 aromatic carbocycles. The molecule has 86 valence electrons. The van der Waals surface area contributed by atoms with Crippen molar-refractivity contribution in [2.75, 3.05) is 18.5 Å². The van der Waals surface area contributed by atoms with Crippen molar-refractivity contribution in [3.8, 4) is 0 Å². The molecule has 6 heteroatoms. The van der Waals surface area contributed by atoms with Gasteiger partial charge < -0.3 is 15.5 Å². The minimum absolute atomic E-state index is 0.153. The van der Waals surface area contributed by atoms with Gasteiger partial charge in [-0.15, -0.1) is 0 Å². The summed E-state index contributed by atoms with van der Waals surface area (Å²) >= 11 is 1.24. The molecule has 0 radical (unpaired) electrons. The minimum atomic E-state index is -0.742. The highest BCUT2D eigenvalue weighted by Gasteiger charge is 2.23. The molecule has 0 aliphatic carbocycles. The second-order valence-corrected chi connectivity index (χ2v) is 4.87. The molecule has 15 heavy (non-hydrogen) atoms. The van der Waals surface area contributed by atoms with Crippen LogP contribution in [0.15, 0.2) is 0 Å². The van der Waals surface area contributed by atoms with Gasteiger partial charge in [0.05, 0.1) is 18.8 Å². The Morgan fingerprint density at radius 2 is 2.00 bits per heavy atom.